The quantitative estimate of drug-likeness (QED) is 0.414. The number of piperidine rings is 1. The normalized spacial score (nSPS) is 16.0. The van der Waals surface area contributed by atoms with Gasteiger partial charge >= 0.3 is 5.97 Å². The number of likely N-dealkylation sites (N-methyl/N-ethyl adjacent to an activating group) is 1. The Labute approximate surface area is 212 Å². The molecule has 3 aromatic rings. The van der Waals surface area contributed by atoms with Gasteiger partial charge in [0.15, 0.2) is 0 Å². The molecule has 0 unspecified atom stereocenters. The minimum atomic E-state index is -0.908. The molecule has 0 radical (unpaired) electrons. The highest BCUT2D eigenvalue weighted by Crippen LogP contribution is 2.23. The summed E-state index contributed by atoms with van der Waals surface area (Å²) >= 11 is 0. The van der Waals surface area contributed by atoms with Crippen LogP contribution in [-0.2, 0) is 11.3 Å². The standard InChI is InChI=1S/C29H33N3O4/c1-31(19-22-9-5-6-13-27(22)29(34)35)20-24-10-7-8-18-32(24)21-28(33)30-23-14-16-26(17-15-23)36-25-11-3-2-4-12-25/h2-6,9,11-17,24H,7-8,10,18-21H2,1H3,(H,30,33)(H,34,35)/t24-/m0/s1. The number of carbonyl (C=O) groups is 2. The zero-order chi connectivity index (χ0) is 25.3. The number of rotatable bonds is 10. The first kappa shape index (κ1) is 25.4. The molecule has 1 atom stereocenters. The van der Waals surface area contributed by atoms with Crippen LogP contribution in [0.4, 0.5) is 5.69 Å². The molecule has 188 valence electrons. The van der Waals surface area contributed by atoms with Crippen LogP contribution < -0.4 is 10.1 Å². The highest BCUT2D eigenvalue weighted by molar-refractivity contribution is 5.92. The van der Waals surface area contributed by atoms with Gasteiger partial charge < -0.3 is 20.1 Å². The third-order valence-corrected chi connectivity index (χ3v) is 6.42. The van der Waals surface area contributed by atoms with Crippen molar-refractivity contribution in [3.8, 4) is 11.5 Å². The predicted molar refractivity (Wildman–Crippen MR) is 141 cm³/mol. The summed E-state index contributed by atoms with van der Waals surface area (Å²) in [5.74, 6) is 0.525. The smallest absolute Gasteiger partial charge is 0.336 e. The Morgan fingerprint density at radius 3 is 2.42 bits per heavy atom. The lowest BCUT2D eigenvalue weighted by molar-refractivity contribution is -0.118. The van der Waals surface area contributed by atoms with E-state index >= 15 is 0 Å². The number of amides is 1. The number of hydrogen-bond acceptors (Lipinski definition) is 5. The van der Waals surface area contributed by atoms with Gasteiger partial charge in [-0.1, -0.05) is 42.8 Å². The fourth-order valence-corrected chi connectivity index (χ4v) is 4.67. The van der Waals surface area contributed by atoms with Crippen LogP contribution >= 0.6 is 0 Å². The lowest BCUT2D eigenvalue weighted by Crippen LogP contribution is -2.48. The maximum Gasteiger partial charge on any atom is 0.336 e. The largest absolute Gasteiger partial charge is 0.478 e. The number of ether oxygens (including phenoxy) is 1. The van der Waals surface area contributed by atoms with Gasteiger partial charge in [0.2, 0.25) is 5.91 Å². The van der Waals surface area contributed by atoms with E-state index in [9.17, 15) is 14.7 Å². The van der Waals surface area contributed by atoms with E-state index in [4.69, 9.17) is 4.74 Å². The molecule has 0 spiro atoms. The molecule has 0 aromatic heterocycles. The van der Waals surface area contributed by atoms with Crippen molar-refractivity contribution in [1.82, 2.24) is 9.80 Å². The number of aromatic carboxylic acids is 1. The van der Waals surface area contributed by atoms with E-state index < -0.39 is 5.97 Å². The molecule has 0 bridgehead atoms. The molecule has 1 saturated heterocycles. The minimum absolute atomic E-state index is 0.0440. The molecular weight excluding hydrogens is 454 g/mol. The van der Waals surface area contributed by atoms with Crippen LogP contribution in [0.3, 0.4) is 0 Å². The monoisotopic (exact) mass is 487 g/mol. The molecule has 4 rings (SSSR count). The Hall–Kier alpha value is -3.68. The number of nitrogens with zero attached hydrogens (tertiary/aromatic N) is 2. The second-order valence-corrected chi connectivity index (χ2v) is 9.27. The molecule has 2 N–H and O–H groups in total. The molecule has 3 aromatic carbocycles. The molecule has 1 amide bonds. The van der Waals surface area contributed by atoms with Gasteiger partial charge in [-0.2, -0.15) is 0 Å². The maximum atomic E-state index is 12.8. The Morgan fingerprint density at radius 1 is 0.972 bits per heavy atom. The molecular formula is C29H33N3O4. The van der Waals surface area contributed by atoms with E-state index in [-0.39, 0.29) is 11.9 Å². The van der Waals surface area contributed by atoms with Crippen molar-refractivity contribution in [2.75, 3.05) is 32.0 Å². The topological polar surface area (TPSA) is 82.1 Å². The molecule has 7 nitrogen and oxygen atoms in total. The zero-order valence-electron chi connectivity index (χ0n) is 20.6. The maximum absolute atomic E-state index is 12.8. The number of nitrogens with one attached hydrogen (secondary N) is 1. The van der Waals surface area contributed by atoms with Crippen molar-refractivity contribution in [3.05, 3.63) is 90.0 Å². The zero-order valence-corrected chi connectivity index (χ0v) is 20.6. The van der Waals surface area contributed by atoms with Gasteiger partial charge in [0.05, 0.1) is 12.1 Å². The number of hydrogen-bond donors (Lipinski definition) is 2. The highest BCUT2D eigenvalue weighted by atomic mass is 16.5. The number of anilines is 1. The van der Waals surface area contributed by atoms with E-state index in [0.29, 0.717) is 24.4 Å². The van der Waals surface area contributed by atoms with Crippen molar-refractivity contribution in [3.63, 3.8) is 0 Å². The summed E-state index contributed by atoms with van der Waals surface area (Å²) in [7, 11) is 2.00. The first-order valence-electron chi connectivity index (χ1n) is 12.3. The second kappa shape index (κ2) is 12.3. The molecule has 0 saturated carbocycles. The fourth-order valence-electron chi connectivity index (χ4n) is 4.67. The van der Waals surface area contributed by atoms with E-state index in [1.54, 1.807) is 12.1 Å². The van der Waals surface area contributed by atoms with Gasteiger partial charge in [0.1, 0.15) is 11.5 Å². The van der Waals surface area contributed by atoms with Crippen molar-refractivity contribution in [1.29, 1.82) is 0 Å². The Kier molecular flexibility index (Phi) is 8.71. The van der Waals surface area contributed by atoms with Crippen LogP contribution in [0.1, 0.15) is 35.2 Å². The molecule has 1 aliphatic heterocycles. The molecule has 7 heteroatoms. The van der Waals surface area contributed by atoms with Gasteiger partial charge in [-0.05, 0) is 74.5 Å². The van der Waals surface area contributed by atoms with E-state index in [0.717, 1.165) is 49.4 Å². The summed E-state index contributed by atoms with van der Waals surface area (Å²) in [5, 5.41) is 12.5. The average Bonchev–Trinajstić information content (AvgIpc) is 2.87. The van der Waals surface area contributed by atoms with Crippen molar-refractivity contribution < 1.29 is 19.4 Å². The Morgan fingerprint density at radius 2 is 1.67 bits per heavy atom. The van der Waals surface area contributed by atoms with E-state index in [1.807, 2.05) is 73.8 Å². The second-order valence-electron chi connectivity index (χ2n) is 9.27. The first-order chi connectivity index (χ1) is 17.5. The van der Waals surface area contributed by atoms with Crippen molar-refractivity contribution in [2.24, 2.45) is 0 Å². The molecule has 1 fully saturated rings. The van der Waals surface area contributed by atoms with E-state index in [2.05, 4.69) is 15.1 Å². The lowest BCUT2D eigenvalue weighted by atomic mass is 10.0. The number of carboxylic acids is 1. The summed E-state index contributed by atoms with van der Waals surface area (Å²) < 4.78 is 5.82. The predicted octanol–water partition coefficient (Wildman–Crippen LogP) is 5.10. The van der Waals surface area contributed by atoms with Crippen molar-refractivity contribution in [2.45, 2.75) is 31.8 Å². The number of carbonyl (C=O) groups excluding carboxylic acids is 1. The van der Waals surface area contributed by atoms with Crippen LogP contribution in [0.5, 0.6) is 11.5 Å². The fraction of sp³-hybridized carbons (Fsp3) is 0.310. The summed E-state index contributed by atoms with van der Waals surface area (Å²) in [6.07, 6.45) is 3.22. The average molecular weight is 488 g/mol. The highest BCUT2D eigenvalue weighted by Gasteiger charge is 2.26. The minimum Gasteiger partial charge on any atom is -0.478 e. The van der Waals surface area contributed by atoms with Gasteiger partial charge in [-0.25, -0.2) is 4.79 Å². The summed E-state index contributed by atoms with van der Waals surface area (Å²) in [6.45, 7) is 2.52. The van der Waals surface area contributed by atoms with Crippen LogP contribution in [-0.4, -0.2) is 59.5 Å². The van der Waals surface area contributed by atoms with Gasteiger partial charge in [-0.3, -0.25) is 9.69 Å². The Bertz CT molecular complexity index is 1150. The third kappa shape index (κ3) is 7.16. The summed E-state index contributed by atoms with van der Waals surface area (Å²) in [4.78, 5) is 28.8. The van der Waals surface area contributed by atoms with Crippen LogP contribution in [0.15, 0.2) is 78.9 Å². The van der Waals surface area contributed by atoms with Gasteiger partial charge in [0.25, 0.3) is 0 Å². The van der Waals surface area contributed by atoms with Gasteiger partial charge in [0, 0.05) is 24.8 Å². The summed E-state index contributed by atoms with van der Waals surface area (Å²) in [6, 6.07) is 24.3. The summed E-state index contributed by atoms with van der Waals surface area (Å²) in [5.41, 5.74) is 1.87. The number of benzene rings is 3. The van der Waals surface area contributed by atoms with Crippen LogP contribution in [0.25, 0.3) is 0 Å². The van der Waals surface area contributed by atoms with Crippen LogP contribution in [0, 0.1) is 0 Å². The molecule has 0 aliphatic carbocycles. The number of para-hydroxylation sites is 1. The molecule has 1 aliphatic rings. The Balaban J connectivity index is 1.30. The van der Waals surface area contributed by atoms with Gasteiger partial charge in [-0.15, -0.1) is 0 Å². The first-order valence-corrected chi connectivity index (χ1v) is 12.3. The van der Waals surface area contributed by atoms with Crippen LogP contribution in [0.2, 0.25) is 0 Å². The lowest BCUT2D eigenvalue weighted by Gasteiger charge is -2.37. The SMILES string of the molecule is CN(Cc1ccccc1C(=O)O)C[C@@H]1CCCCN1CC(=O)Nc1ccc(Oc2ccccc2)cc1. The number of likely N-dealkylation sites (tertiary alicyclic amines) is 1. The number of carboxylic acid groups (broad SMARTS) is 1. The molecule has 36 heavy (non-hydrogen) atoms. The third-order valence-electron chi connectivity index (χ3n) is 6.42. The molecule has 1 heterocycles. The van der Waals surface area contributed by atoms with E-state index in [1.165, 1.54) is 0 Å². The van der Waals surface area contributed by atoms with Crippen molar-refractivity contribution >= 4 is 17.6 Å².